The number of aryl methyl sites for hydroxylation is 1. The highest BCUT2D eigenvalue weighted by atomic mass is 16.5. The largest absolute Gasteiger partial charge is 0.508 e. The Labute approximate surface area is 103 Å². The molecule has 0 bridgehead atoms. The third-order valence-electron chi connectivity index (χ3n) is 2.27. The number of carbonyl (C=O) groups is 1. The lowest BCUT2D eigenvalue weighted by molar-refractivity contribution is 0.0949. The molecule has 3 N–H and O–H groups in total. The van der Waals surface area contributed by atoms with E-state index < -0.39 is 5.91 Å². The molecule has 0 aliphatic rings. The van der Waals surface area contributed by atoms with E-state index in [1.54, 1.807) is 13.0 Å². The van der Waals surface area contributed by atoms with Gasteiger partial charge in [0.15, 0.2) is 0 Å². The van der Waals surface area contributed by atoms with Crippen LogP contribution in [0.1, 0.15) is 21.8 Å². The van der Waals surface area contributed by atoms with E-state index in [1.165, 1.54) is 12.1 Å². The molecule has 0 saturated carbocycles. The summed E-state index contributed by atoms with van der Waals surface area (Å²) in [6, 6.07) is 5.39. The molecule has 0 radical (unpaired) electrons. The summed E-state index contributed by atoms with van der Waals surface area (Å²) in [7, 11) is 0. The zero-order valence-corrected chi connectivity index (χ0v) is 9.67. The highest BCUT2D eigenvalue weighted by molar-refractivity contribution is 5.94. The van der Waals surface area contributed by atoms with Crippen molar-refractivity contribution in [3.63, 3.8) is 0 Å². The SMILES string of the molecule is Cc1cc(CNC(=O)c2cc(O)cc(O)c2)no1. The second-order valence-electron chi connectivity index (χ2n) is 3.85. The summed E-state index contributed by atoms with van der Waals surface area (Å²) in [6.45, 7) is 1.97. The van der Waals surface area contributed by atoms with E-state index in [-0.39, 0.29) is 23.6 Å². The van der Waals surface area contributed by atoms with Crippen molar-refractivity contribution in [3.8, 4) is 11.5 Å². The predicted octanol–water partition coefficient (Wildman–Crippen LogP) is 1.32. The first-order valence-electron chi connectivity index (χ1n) is 5.28. The van der Waals surface area contributed by atoms with E-state index in [0.717, 1.165) is 6.07 Å². The molecule has 2 rings (SSSR count). The number of carbonyl (C=O) groups excluding carboxylic acids is 1. The molecular weight excluding hydrogens is 236 g/mol. The molecule has 2 aromatic rings. The summed E-state index contributed by atoms with van der Waals surface area (Å²) < 4.78 is 4.86. The minimum atomic E-state index is -0.415. The molecule has 0 fully saturated rings. The quantitative estimate of drug-likeness (QED) is 0.761. The van der Waals surface area contributed by atoms with Crippen LogP contribution in [0.3, 0.4) is 0 Å². The zero-order valence-electron chi connectivity index (χ0n) is 9.67. The van der Waals surface area contributed by atoms with Gasteiger partial charge < -0.3 is 20.1 Å². The number of hydrogen-bond acceptors (Lipinski definition) is 5. The van der Waals surface area contributed by atoms with Crippen LogP contribution in [0.2, 0.25) is 0 Å². The standard InChI is InChI=1S/C12H12N2O4/c1-7-2-9(14-18-7)6-13-12(17)8-3-10(15)5-11(16)4-8/h2-5,15-16H,6H2,1H3,(H,13,17). The van der Waals surface area contributed by atoms with Crippen LogP contribution in [0, 0.1) is 6.92 Å². The number of nitrogens with one attached hydrogen (secondary N) is 1. The second kappa shape index (κ2) is 4.79. The third-order valence-corrected chi connectivity index (χ3v) is 2.27. The average molecular weight is 248 g/mol. The lowest BCUT2D eigenvalue weighted by Crippen LogP contribution is -2.22. The molecule has 1 amide bonds. The van der Waals surface area contributed by atoms with Crippen LogP contribution in [0.25, 0.3) is 0 Å². The van der Waals surface area contributed by atoms with Gasteiger partial charge in [-0.25, -0.2) is 0 Å². The normalized spacial score (nSPS) is 10.3. The highest BCUT2D eigenvalue weighted by Gasteiger charge is 2.09. The number of aromatic nitrogens is 1. The van der Waals surface area contributed by atoms with Gasteiger partial charge in [0, 0.05) is 17.7 Å². The van der Waals surface area contributed by atoms with E-state index >= 15 is 0 Å². The Morgan fingerprint density at radius 2 is 1.94 bits per heavy atom. The van der Waals surface area contributed by atoms with Gasteiger partial charge >= 0.3 is 0 Å². The van der Waals surface area contributed by atoms with Gasteiger partial charge in [0.2, 0.25) is 0 Å². The molecule has 1 heterocycles. The first-order valence-corrected chi connectivity index (χ1v) is 5.28. The fourth-order valence-electron chi connectivity index (χ4n) is 1.50. The minimum Gasteiger partial charge on any atom is -0.508 e. The Bertz CT molecular complexity index is 557. The van der Waals surface area contributed by atoms with Gasteiger partial charge in [0.1, 0.15) is 23.0 Å². The first kappa shape index (κ1) is 12.0. The minimum absolute atomic E-state index is 0.169. The fourth-order valence-corrected chi connectivity index (χ4v) is 1.50. The maximum Gasteiger partial charge on any atom is 0.251 e. The molecule has 6 heteroatoms. The fraction of sp³-hybridized carbons (Fsp3) is 0.167. The van der Waals surface area contributed by atoms with Crippen LogP contribution in [-0.2, 0) is 6.54 Å². The number of nitrogens with zero attached hydrogens (tertiary/aromatic N) is 1. The number of benzene rings is 1. The summed E-state index contributed by atoms with van der Waals surface area (Å²) in [5.41, 5.74) is 0.776. The number of phenols is 2. The zero-order chi connectivity index (χ0) is 13.1. The maximum atomic E-state index is 11.7. The van der Waals surface area contributed by atoms with Crippen molar-refractivity contribution in [1.29, 1.82) is 0 Å². The summed E-state index contributed by atoms with van der Waals surface area (Å²) in [6.07, 6.45) is 0. The molecular formula is C12H12N2O4. The molecule has 0 atom stereocenters. The van der Waals surface area contributed by atoms with Crippen LogP contribution < -0.4 is 5.32 Å². The van der Waals surface area contributed by atoms with Crippen molar-refractivity contribution in [2.24, 2.45) is 0 Å². The van der Waals surface area contributed by atoms with E-state index in [1.807, 2.05) is 0 Å². The van der Waals surface area contributed by atoms with Crippen molar-refractivity contribution >= 4 is 5.91 Å². The lowest BCUT2D eigenvalue weighted by Gasteiger charge is -2.04. The molecule has 94 valence electrons. The summed E-state index contributed by atoms with van der Waals surface area (Å²) in [5.74, 6) is -0.0917. The van der Waals surface area contributed by atoms with Crippen LogP contribution >= 0.6 is 0 Å². The van der Waals surface area contributed by atoms with Crippen molar-refractivity contribution in [2.45, 2.75) is 13.5 Å². The number of rotatable bonds is 3. The van der Waals surface area contributed by atoms with Gasteiger partial charge in [-0.2, -0.15) is 0 Å². The number of amides is 1. The number of phenolic OH excluding ortho intramolecular Hbond substituents is 2. The lowest BCUT2D eigenvalue weighted by atomic mass is 10.2. The molecule has 1 aromatic heterocycles. The average Bonchev–Trinajstić information content (AvgIpc) is 2.70. The van der Waals surface area contributed by atoms with Crippen LogP contribution in [-0.4, -0.2) is 21.3 Å². The van der Waals surface area contributed by atoms with Gasteiger partial charge in [-0.3, -0.25) is 4.79 Å². The van der Waals surface area contributed by atoms with Crippen molar-refractivity contribution in [3.05, 3.63) is 41.3 Å². The Morgan fingerprint density at radius 3 is 2.50 bits per heavy atom. The molecule has 6 nitrogen and oxygen atoms in total. The van der Waals surface area contributed by atoms with E-state index in [2.05, 4.69) is 10.5 Å². The third kappa shape index (κ3) is 2.79. The molecule has 0 aliphatic carbocycles. The van der Waals surface area contributed by atoms with Crippen LogP contribution in [0.5, 0.6) is 11.5 Å². The molecule has 0 unspecified atom stereocenters. The van der Waals surface area contributed by atoms with Gasteiger partial charge in [-0.15, -0.1) is 0 Å². The molecule has 0 saturated heterocycles. The molecule has 18 heavy (non-hydrogen) atoms. The Kier molecular flexibility index (Phi) is 3.18. The Balaban J connectivity index is 2.03. The van der Waals surface area contributed by atoms with Crippen molar-refractivity contribution < 1.29 is 19.5 Å². The number of hydrogen-bond donors (Lipinski definition) is 3. The summed E-state index contributed by atoms with van der Waals surface area (Å²) in [4.78, 5) is 11.7. The summed E-state index contributed by atoms with van der Waals surface area (Å²) >= 11 is 0. The van der Waals surface area contributed by atoms with Crippen LogP contribution in [0.4, 0.5) is 0 Å². The predicted molar refractivity (Wildman–Crippen MR) is 62.2 cm³/mol. The van der Waals surface area contributed by atoms with Crippen molar-refractivity contribution in [2.75, 3.05) is 0 Å². The first-order chi connectivity index (χ1) is 8.54. The molecule has 0 aliphatic heterocycles. The summed E-state index contributed by atoms with van der Waals surface area (Å²) in [5, 5.41) is 24.9. The van der Waals surface area contributed by atoms with Gasteiger partial charge in [-0.1, -0.05) is 5.16 Å². The Morgan fingerprint density at radius 1 is 1.28 bits per heavy atom. The highest BCUT2D eigenvalue weighted by Crippen LogP contribution is 2.20. The van der Waals surface area contributed by atoms with E-state index in [0.29, 0.717) is 11.5 Å². The topological polar surface area (TPSA) is 95.6 Å². The van der Waals surface area contributed by atoms with E-state index in [4.69, 9.17) is 4.52 Å². The van der Waals surface area contributed by atoms with Gasteiger partial charge in [0.25, 0.3) is 5.91 Å². The van der Waals surface area contributed by atoms with Crippen molar-refractivity contribution in [1.82, 2.24) is 10.5 Å². The number of aromatic hydroxyl groups is 2. The molecule has 1 aromatic carbocycles. The van der Waals surface area contributed by atoms with Gasteiger partial charge in [0.05, 0.1) is 6.54 Å². The molecule has 0 spiro atoms. The monoisotopic (exact) mass is 248 g/mol. The maximum absolute atomic E-state index is 11.7. The van der Waals surface area contributed by atoms with Crippen LogP contribution in [0.15, 0.2) is 28.8 Å². The Hall–Kier alpha value is -2.50. The van der Waals surface area contributed by atoms with Gasteiger partial charge in [-0.05, 0) is 19.1 Å². The van der Waals surface area contributed by atoms with E-state index in [9.17, 15) is 15.0 Å². The second-order valence-corrected chi connectivity index (χ2v) is 3.85. The smallest absolute Gasteiger partial charge is 0.251 e.